The number of hydrogen-bond acceptors (Lipinski definition) is 3. The van der Waals surface area contributed by atoms with Crippen molar-refractivity contribution in [3.63, 3.8) is 0 Å². The highest BCUT2D eigenvalue weighted by Crippen LogP contribution is 2.24. The second-order valence-electron chi connectivity index (χ2n) is 6.30. The van der Waals surface area contributed by atoms with Gasteiger partial charge in [0.2, 0.25) is 0 Å². The Balaban J connectivity index is 1.68. The van der Waals surface area contributed by atoms with Gasteiger partial charge < -0.3 is 10.1 Å². The van der Waals surface area contributed by atoms with E-state index in [-0.39, 0.29) is 17.5 Å². The number of halogens is 2. The monoisotopic (exact) mass is 401 g/mol. The van der Waals surface area contributed by atoms with Gasteiger partial charge in [0.25, 0.3) is 5.91 Å². The summed E-state index contributed by atoms with van der Waals surface area (Å²) >= 11 is 6.00. The number of carbonyl (C=O) groups is 1. The maximum Gasteiger partial charge on any atom is 0.255 e. The number of amides is 1. The number of nitrogens with zero attached hydrogens (tertiary/aromatic N) is 1. The lowest BCUT2D eigenvalue weighted by Gasteiger charge is -2.09. The van der Waals surface area contributed by atoms with Crippen LogP contribution in [0.25, 0.3) is 11.3 Å². The van der Waals surface area contributed by atoms with Crippen molar-refractivity contribution in [2.24, 2.45) is 0 Å². The maximum atomic E-state index is 13.1. The van der Waals surface area contributed by atoms with Crippen molar-refractivity contribution in [2.45, 2.75) is 26.3 Å². The van der Waals surface area contributed by atoms with Crippen molar-refractivity contribution in [3.8, 4) is 17.0 Å². The van der Waals surface area contributed by atoms with Crippen LogP contribution < -0.4 is 10.1 Å². The molecule has 28 heavy (non-hydrogen) atoms. The first-order valence-electron chi connectivity index (χ1n) is 9.07. The normalized spacial score (nSPS) is 10.7. The Morgan fingerprint density at radius 2 is 2.04 bits per heavy atom. The van der Waals surface area contributed by atoms with E-state index in [2.05, 4.69) is 22.4 Å². The molecule has 0 aliphatic carbocycles. The third kappa shape index (κ3) is 4.89. The van der Waals surface area contributed by atoms with E-state index in [0.717, 1.165) is 24.2 Å². The average molecular weight is 402 g/mol. The summed E-state index contributed by atoms with van der Waals surface area (Å²) in [4.78, 5) is 12.6. The van der Waals surface area contributed by atoms with Crippen molar-refractivity contribution in [2.75, 3.05) is 6.61 Å². The van der Waals surface area contributed by atoms with Gasteiger partial charge in [-0.1, -0.05) is 31.0 Å². The second-order valence-corrected chi connectivity index (χ2v) is 6.71. The molecule has 0 aliphatic heterocycles. The summed E-state index contributed by atoms with van der Waals surface area (Å²) < 4.78 is 18.8. The number of hydrogen-bond donors (Lipinski definition) is 2. The molecule has 0 aliphatic rings. The predicted octanol–water partition coefficient (Wildman–Crippen LogP) is 4.98. The fourth-order valence-corrected chi connectivity index (χ4v) is 2.90. The van der Waals surface area contributed by atoms with E-state index >= 15 is 0 Å². The number of nitrogens with one attached hydrogen (secondary N) is 2. The van der Waals surface area contributed by atoms with Gasteiger partial charge in [0.1, 0.15) is 11.6 Å². The highest BCUT2D eigenvalue weighted by molar-refractivity contribution is 6.31. The van der Waals surface area contributed by atoms with Crippen LogP contribution in [0.2, 0.25) is 5.02 Å². The van der Waals surface area contributed by atoms with E-state index in [0.29, 0.717) is 23.4 Å². The summed E-state index contributed by atoms with van der Waals surface area (Å²) in [6.45, 7) is 2.98. The molecule has 1 aromatic heterocycles. The highest BCUT2D eigenvalue weighted by atomic mass is 35.5. The van der Waals surface area contributed by atoms with Gasteiger partial charge in [-0.3, -0.25) is 9.89 Å². The summed E-state index contributed by atoms with van der Waals surface area (Å²) in [5.74, 6) is 0.0698. The lowest BCUT2D eigenvalue weighted by Crippen LogP contribution is -2.23. The van der Waals surface area contributed by atoms with Crippen LogP contribution in [0.5, 0.6) is 5.75 Å². The molecule has 0 saturated heterocycles. The van der Waals surface area contributed by atoms with Gasteiger partial charge in [0, 0.05) is 17.1 Å². The van der Waals surface area contributed by atoms with E-state index in [9.17, 15) is 9.18 Å². The SMILES string of the molecule is CCCCOc1ccc(-c2[nH]ncc2C(=O)NCc2ccc(F)cc2Cl)cc1. The van der Waals surface area contributed by atoms with Crippen molar-refractivity contribution in [3.05, 3.63) is 70.6 Å². The largest absolute Gasteiger partial charge is 0.494 e. The van der Waals surface area contributed by atoms with Crippen LogP contribution in [0, 0.1) is 5.82 Å². The first-order chi connectivity index (χ1) is 13.6. The van der Waals surface area contributed by atoms with Crippen LogP contribution in [0.15, 0.2) is 48.7 Å². The zero-order chi connectivity index (χ0) is 19.9. The number of aromatic nitrogens is 2. The second kappa shape index (κ2) is 9.37. The molecule has 7 heteroatoms. The quantitative estimate of drug-likeness (QED) is 0.523. The van der Waals surface area contributed by atoms with Crippen LogP contribution in [-0.4, -0.2) is 22.7 Å². The molecule has 0 unspecified atom stereocenters. The smallest absolute Gasteiger partial charge is 0.255 e. The van der Waals surface area contributed by atoms with E-state index < -0.39 is 5.82 Å². The Labute approximate surface area is 167 Å². The molecule has 1 heterocycles. The van der Waals surface area contributed by atoms with Gasteiger partial charge in [0.15, 0.2) is 0 Å². The summed E-state index contributed by atoms with van der Waals surface area (Å²) in [5, 5.41) is 9.92. The molecule has 0 bridgehead atoms. The standard InChI is InChI=1S/C21H21ClFN3O2/c1-2-3-10-28-17-8-5-14(6-9-17)20-18(13-25-26-20)21(27)24-12-15-4-7-16(23)11-19(15)22/h4-9,11,13H,2-3,10,12H2,1H3,(H,24,27)(H,25,26). The van der Waals surface area contributed by atoms with Crippen LogP contribution in [-0.2, 0) is 6.54 Å². The number of carbonyl (C=O) groups excluding carboxylic acids is 1. The average Bonchev–Trinajstić information content (AvgIpc) is 3.18. The number of unbranched alkanes of at least 4 members (excludes halogenated alkanes) is 1. The first kappa shape index (κ1) is 19.9. The van der Waals surface area contributed by atoms with Crippen LogP contribution in [0.3, 0.4) is 0 Å². The van der Waals surface area contributed by atoms with E-state index in [4.69, 9.17) is 16.3 Å². The Hall–Kier alpha value is -2.86. The van der Waals surface area contributed by atoms with E-state index in [1.807, 2.05) is 24.3 Å². The minimum Gasteiger partial charge on any atom is -0.494 e. The topological polar surface area (TPSA) is 67.0 Å². The Morgan fingerprint density at radius 1 is 1.25 bits per heavy atom. The minimum absolute atomic E-state index is 0.187. The number of ether oxygens (including phenoxy) is 1. The van der Waals surface area contributed by atoms with Crippen molar-refractivity contribution < 1.29 is 13.9 Å². The zero-order valence-corrected chi connectivity index (χ0v) is 16.2. The van der Waals surface area contributed by atoms with Crippen molar-refractivity contribution in [1.82, 2.24) is 15.5 Å². The lowest BCUT2D eigenvalue weighted by molar-refractivity contribution is 0.0951. The van der Waals surface area contributed by atoms with Crippen LogP contribution >= 0.6 is 11.6 Å². The number of H-pyrrole nitrogens is 1. The van der Waals surface area contributed by atoms with Crippen molar-refractivity contribution in [1.29, 1.82) is 0 Å². The van der Waals surface area contributed by atoms with Gasteiger partial charge >= 0.3 is 0 Å². The molecule has 0 atom stereocenters. The van der Waals surface area contributed by atoms with E-state index in [1.54, 1.807) is 6.07 Å². The van der Waals surface area contributed by atoms with Gasteiger partial charge in [-0.05, 0) is 48.4 Å². The highest BCUT2D eigenvalue weighted by Gasteiger charge is 2.15. The summed E-state index contributed by atoms with van der Waals surface area (Å²) in [7, 11) is 0. The summed E-state index contributed by atoms with van der Waals surface area (Å²) in [6, 6.07) is 11.6. The molecular weight excluding hydrogens is 381 g/mol. The lowest BCUT2D eigenvalue weighted by atomic mass is 10.1. The Morgan fingerprint density at radius 3 is 2.75 bits per heavy atom. The summed E-state index contributed by atoms with van der Waals surface area (Å²) in [6.07, 6.45) is 3.56. The first-order valence-corrected chi connectivity index (χ1v) is 9.45. The number of rotatable bonds is 8. The number of aromatic amines is 1. The zero-order valence-electron chi connectivity index (χ0n) is 15.5. The molecule has 0 radical (unpaired) electrons. The Bertz CT molecular complexity index is 941. The molecule has 0 fully saturated rings. The minimum atomic E-state index is -0.417. The van der Waals surface area contributed by atoms with Gasteiger partial charge in [0.05, 0.1) is 24.1 Å². The van der Waals surface area contributed by atoms with Crippen molar-refractivity contribution >= 4 is 17.5 Å². The Kier molecular flexibility index (Phi) is 6.66. The summed E-state index contributed by atoms with van der Waals surface area (Å²) in [5.41, 5.74) is 2.49. The van der Waals surface area contributed by atoms with E-state index in [1.165, 1.54) is 18.3 Å². The maximum absolute atomic E-state index is 13.1. The fourth-order valence-electron chi connectivity index (χ4n) is 2.67. The molecule has 2 aromatic carbocycles. The molecule has 0 spiro atoms. The molecule has 3 aromatic rings. The molecule has 2 N–H and O–H groups in total. The van der Waals surface area contributed by atoms with Crippen LogP contribution in [0.1, 0.15) is 35.7 Å². The van der Waals surface area contributed by atoms with Gasteiger partial charge in [-0.2, -0.15) is 5.10 Å². The molecule has 3 rings (SSSR count). The van der Waals surface area contributed by atoms with Gasteiger partial charge in [-0.15, -0.1) is 0 Å². The van der Waals surface area contributed by atoms with Crippen LogP contribution in [0.4, 0.5) is 4.39 Å². The third-order valence-electron chi connectivity index (χ3n) is 4.25. The molecule has 0 saturated carbocycles. The molecule has 5 nitrogen and oxygen atoms in total. The molecule has 146 valence electrons. The molecular formula is C21H21ClFN3O2. The van der Waals surface area contributed by atoms with Gasteiger partial charge in [-0.25, -0.2) is 4.39 Å². The predicted molar refractivity (Wildman–Crippen MR) is 107 cm³/mol. The molecule has 1 amide bonds. The third-order valence-corrected chi connectivity index (χ3v) is 4.60. The fraction of sp³-hybridized carbons (Fsp3) is 0.238. The number of benzene rings is 2.